The first-order valence-electron chi connectivity index (χ1n) is 8.66. The third-order valence-electron chi connectivity index (χ3n) is 3.96. The lowest BCUT2D eigenvalue weighted by molar-refractivity contribution is -0.116. The number of hydrogen-bond donors (Lipinski definition) is 2. The third-order valence-corrected chi connectivity index (χ3v) is 5.14. The molecule has 0 fully saturated rings. The van der Waals surface area contributed by atoms with Crippen molar-refractivity contribution in [1.29, 1.82) is 5.26 Å². The second-order valence-corrected chi connectivity index (χ2v) is 7.74. The van der Waals surface area contributed by atoms with E-state index >= 15 is 0 Å². The molecule has 0 radical (unpaired) electrons. The van der Waals surface area contributed by atoms with Crippen molar-refractivity contribution in [2.24, 2.45) is 4.99 Å². The van der Waals surface area contributed by atoms with Crippen LogP contribution in [-0.2, 0) is 16.0 Å². The van der Waals surface area contributed by atoms with E-state index in [-0.39, 0.29) is 11.5 Å². The molecule has 0 saturated heterocycles. The van der Waals surface area contributed by atoms with Gasteiger partial charge in [0.2, 0.25) is 0 Å². The monoisotopic (exact) mass is 511 g/mol. The molecule has 7 nitrogen and oxygen atoms in total. The quantitative estimate of drug-likeness (QED) is 0.299. The van der Waals surface area contributed by atoms with Gasteiger partial charge in [0.05, 0.1) is 21.1 Å². The van der Waals surface area contributed by atoms with Crippen LogP contribution in [-0.4, -0.2) is 42.7 Å². The van der Waals surface area contributed by atoms with Gasteiger partial charge in [0, 0.05) is 32.1 Å². The molecule has 1 aromatic carbocycles. The van der Waals surface area contributed by atoms with E-state index < -0.39 is 5.91 Å². The van der Waals surface area contributed by atoms with Crippen LogP contribution in [0.5, 0.6) is 5.75 Å². The van der Waals surface area contributed by atoms with Crippen LogP contribution >= 0.6 is 31.9 Å². The fourth-order valence-corrected chi connectivity index (χ4v) is 4.05. The number of aliphatic imine (C=N–C) groups is 1. The molecular weight excluding hydrogens is 494 g/mol. The molecule has 148 valence electrons. The lowest BCUT2D eigenvalue weighted by atomic mass is 10.1. The molecule has 0 aliphatic heterocycles. The number of hydrogen-bond acceptors (Lipinski definition) is 6. The normalized spacial score (nSPS) is 13.8. The molecule has 1 aliphatic carbocycles. The number of aliphatic hydroxyl groups is 1. The number of benzene rings is 1. The standard InChI is InChI=1S/C19H19Br2N3O4/c20-14-8-12(4-6-23-11-13-16(25)2-3-17(13)26)9-15(21)19(14)28-7-1-5-24-18(27)10-22/h8-9,11,25H,1-7H2,(H,24,27). The van der Waals surface area contributed by atoms with E-state index in [9.17, 15) is 14.7 Å². The summed E-state index contributed by atoms with van der Waals surface area (Å²) >= 11 is 6.98. The fourth-order valence-electron chi connectivity index (χ4n) is 2.54. The Morgan fingerprint density at radius 1 is 1.36 bits per heavy atom. The zero-order valence-electron chi connectivity index (χ0n) is 15.0. The van der Waals surface area contributed by atoms with Crippen molar-refractivity contribution in [1.82, 2.24) is 5.32 Å². The van der Waals surface area contributed by atoms with E-state index in [0.29, 0.717) is 56.7 Å². The molecule has 2 N–H and O–H groups in total. The van der Waals surface area contributed by atoms with Crippen LogP contribution in [0, 0.1) is 11.3 Å². The van der Waals surface area contributed by atoms with E-state index in [1.54, 1.807) is 0 Å². The van der Waals surface area contributed by atoms with Gasteiger partial charge < -0.3 is 15.2 Å². The number of nitriles is 1. The Morgan fingerprint density at radius 3 is 2.68 bits per heavy atom. The molecule has 0 heterocycles. The highest BCUT2D eigenvalue weighted by molar-refractivity contribution is 9.11. The molecule has 0 atom stereocenters. The molecule has 0 aromatic heterocycles. The van der Waals surface area contributed by atoms with Crippen molar-refractivity contribution in [3.63, 3.8) is 0 Å². The van der Waals surface area contributed by atoms with E-state index in [0.717, 1.165) is 14.5 Å². The maximum absolute atomic E-state index is 11.6. The lowest BCUT2D eigenvalue weighted by Gasteiger charge is -2.12. The van der Waals surface area contributed by atoms with Crippen LogP contribution in [0.1, 0.15) is 24.8 Å². The molecule has 28 heavy (non-hydrogen) atoms. The number of carbonyl (C=O) groups excluding carboxylic acids is 2. The van der Waals surface area contributed by atoms with Crippen molar-refractivity contribution in [2.45, 2.75) is 25.7 Å². The highest BCUT2D eigenvalue weighted by Crippen LogP contribution is 2.35. The number of nitrogens with zero attached hydrogens (tertiary/aromatic N) is 2. The zero-order chi connectivity index (χ0) is 20.5. The Balaban J connectivity index is 1.84. The van der Waals surface area contributed by atoms with Gasteiger partial charge in [-0.05, 0) is 62.4 Å². The Morgan fingerprint density at radius 2 is 2.07 bits per heavy atom. The maximum atomic E-state index is 11.6. The van der Waals surface area contributed by atoms with E-state index in [2.05, 4.69) is 42.2 Å². The van der Waals surface area contributed by atoms with Crippen LogP contribution in [0.4, 0.5) is 0 Å². The number of amides is 1. The predicted octanol–water partition coefficient (Wildman–Crippen LogP) is 3.41. The average Bonchev–Trinajstić information content (AvgIpc) is 2.98. The summed E-state index contributed by atoms with van der Waals surface area (Å²) in [4.78, 5) is 26.7. The van der Waals surface area contributed by atoms with Crippen LogP contribution in [0.3, 0.4) is 0 Å². The van der Waals surface area contributed by atoms with Gasteiger partial charge in [-0.1, -0.05) is 0 Å². The first kappa shape index (κ1) is 22.1. The average molecular weight is 513 g/mol. The number of carbonyl (C=O) groups is 2. The molecule has 0 saturated carbocycles. The van der Waals surface area contributed by atoms with Crippen LogP contribution in [0.2, 0.25) is 0 Å². The van der Waals surface area contributed by atoms with Gasteiger partial charge in [-0.3, -0.25) is 14.6 Å². The summed E-state index contributed by atoms with van der Waals surface area (Å²) < 4.78 is 7.30. The van der Waals surface area contributed by atoms with Gasteiger partial charge >= 0.3 is 5.91 Å². The van der Waals surface area contributed by atoms with Crippen molar-refractivity contribution in [3.8, 4) is 11.8 Å². The van der Waals surface area contributed by atoms with Gasteiger partial charge in [0.1, 0.15) is 11.5 Å². The van der Waals surface area contributed by atoms with Crippen LogP contribution in [0.15, 0.2) is 37.4 Å². The molecule has 0 unspecified atom stereocenters. The van der Waals surface area contributed by atoms with Crippen molar-refractivity contribution >= 4 is 49.8 Å². The second kappa shape index (κ2) is 11.0. The maximum Gasteiger partial charge on any atom is 0.322 e. The Labute approximate surface area is 179 Å². The Hall–Kier alpha value is -2.18. The number of ketones is 1. The Bertz CT molecular complexity index is 836. The number of halogens is 2. The number of allylic oxidation sites excluding steroid dienone is 2. The van der Waals surface area contributed by atoms with E-state index in [4.69, 9.17) is 10.00 Å². The molecular formula is C19H19Br2N3O4. The number of Topliss-reactive ketones (excluding diaryl/α,β-unsaturated/α-hetero) is 1. The van der Waals surface area contributed by atoms with Crippen LogP contribution in [0.25, 0.3) is 0 Å². The number of rotatable bonds is 9. The molecule has 1 aromatic rings. The predicted molar refractivity (Wildman–Crippen MR) is 112 cm³/mol. The van der Waals surface area contributed by atoms with E-state index in [1.807, 2.05) is 12.1 Å². The lowest BCUT2D eigenvalue weighted by Crippen LogP contribution is -2.23. The third kappa shape index (κ3) is 6.46. The molecule has 0 spiro atoms. The van der Waals surface area contributed by atoms with Gasteiger partial charge in [-0.25, -0.2) is 0 Å². The summed E-state index contributed by atoms with van der Waals surface area (Å²) in [6, 6.07) is 5.36. The Kier molecular flexibility index (Phi) is 8.67. The molecule has 1 amide bonds. The summed E-state index contributed by atoms with van der Waals surface area (Å²) in [7, 11) is 0. The topological polar surface area (TPSA) is 112 Å². The minimum absolute atomic E-state index is 0.0690. The minimum atomic E-state index is -0.654. The fraction of sp³-hybridized carbons (Fsp3) is 0.368. The minimum Gasteiger partial charge on any atom is -0.511 e. The summed E-state index contributed by atoms with van der Waals surface area (Å²) in [6.07, 6.45) is 3.43. The highest BCUT2D eigenvalue weighted by Gasteiger charge is 2.20. The number of nitrogens with one attached hydrogen (secondary N) is 1. The zero-order valence-corrected chi connectivity index (χ0v) is 18.2. The van der Waals surface area contributed by atoms with Crippen molar-refractivity contribution in [2.75, 3.05) is 19.7 Å². The molecule has 1 aliphatic rings. The summed E-state index contributed by atoms with van der Waals surface area (Å²) in [6.45, 7) is 1.24. The summed E-state index contributed by atoms with van der Waals surface area (Å²) in [5.74, 6) is 0.0528. The molecule has 0 bridgehead atoms. The van der Waals surface area contributed by atoms with E-state index in [1.165, 1.54) is 12.3 Å². The molecule has 2 rings (SSSR count). The highest BCUT2D eigenvalue weighted by atomic mass is 79.9. The smallest absolute Gasteiger partial charge is 0.322 e. The van der Waals surface area contributed by atoms with Gasteiger partial charge in [0.25, 0.3) is 0 Å². The second-order valence-electron chi connectivity index (χ2n) is 6.03. The number of ether oxygens (including phenoxy) is 1. The number of aliphatic hydroxyl groups excluding tert-OH is 1. The van der Waals surface area contributed by atoms with Crippen LogP contribution < -0.4 is 10.1 Å². The first-order chi connectivity index (χ1) is 13.4. The van der Waals surface area contributed by atoms with Crippen molar-refractivity contribution < 1.29 is 19.4 Å². The van der Waals surface area contributed by atoms with Gasteiger partial charge in [-0.2, -0.15) is 5.26 Å². The van der Waals surface area contributed by atoms with Gasteiger partial charge in [0.15, 0.2) is 11.9 Å². The largest absolute Gasteiger partial charge is 0.511 e. The first-order valence-corrected chi connectivity index (χ1v) is 10.2. The summed E-state index contributed by atoms with van der Waals surface area (Å²) in [5, 5.41) is 20.5. The molecule has 9 heteroatoms. The van der Waals surface area contributed by atoms with Gasteiger partial charge in [-0.15, -0.1) is 0 Å². The SMILES string of the molecule is N#CC(=O)NCCCOc1c(Br)cc(CCN=CC2=C(O)CCC2=O)cc1Br. The summed E-state index contributed by atoms with van der Waals surface area (Å²) in [5.41, 5.74) is 1.34. The van der Waals surface area contributed by atoms with Crippen molar-refractivity contribution in [3.05, 3.63) is 38.0 Å².